The van der Waals surface area contributed by atoms with Crippen LogP contribution in [-0.2, 0) is 22.4 Å². The van der Waals surface area contributed by atoms with E-state index in [1.54, 1.807) is 14.0 Å². The number of anilines is 2. The zero-order valence-electron chi connectivity index (χ0n) is 17.4. The van der Waals surface area contributed by atoms with Crippen molar-refractivity contribution in [2.75, 3.05) is 30.9 Å². The molecular weight excluding hydrogens is 388 g/mol. The van der Waals surface area contributed by atoms with Gasteiger partial charge >= 0.3 is 5.97 Å². The molecule has 156 valence electrons. The molecule has 1 aromatic carbocycles. The smallest absolute Gasteiger partial charge is 0.341 e. The molecule has 2 aromatic rings. The first kappa shape index (κ1) is 21.2. The molecule has 3 rings (SSSR count). The summed E-state index contributed by atoms with van der Waals surface area (Å²) in [6.45, 7) is 6.36. The molecule has 7 heteroatoms. The minimum Gasteiger partial charge on any atom is -0.495 e. The Balaban J connectivity index is 1.76. The summed E-state index contributed by atoms with van der Waals surface area (Å²) in [4.78, 5) is 26.4. The number of rotatable bonds is 7. The molecule has 0 fully saturated rings. The molecule has 29 heavy (non-hydrogen) atoms. The Morgan fingerprint density at radius 1 is 1.31 bits per heavy atom. The number of amides is 1. The van der Waals surface area contributed by atoms with Crippen molar-refractivity contribution in [3.05, 3.63) is 39.8 Å². The van der Waals surface area contributed by atoms with Crippen LogP contribution in [0, 0.1) is 12.8 Å². The summed E-state index contributed by atoms with van der Waals surface area (Å²) in [7, 11) is 1.60. The average molecular weight is 417 g/mol. The lowest BCUT2D eigenvalue weighted by Gasteiger charge is -2.18. The van der Waals surface area contributed by atoms with Gasteiger partial charge in [-0.1, -0.05) is 13.0 Å². The Bertz CT molecular complexity index is 906. The molecule has 1 heterocycles. The van der Waals surface area contributed by atoms with Crippen LogP contribution in [0.5, 0.6) is 5.75 Å². The van der Waals surface area contributed by atoms with E-state index >= 15 is 0 Å². The van der Waals surface area contributed by atoms with Gasteiger partial charge in [0.25, 0.3) is 0 Å². The van der Waals surface area contributed by atoms with Crippen molar-refractivity contribution in [3.63, 3.8) is 0 Å². The number of hydrogen-bond donors (Lipinski definition) is 2. The van der Waals surface area contributed by atoms with Gasteiger partial charge in [0, 0.05) is 4.88 Å². The molecule has 1 aromatic heterocycles. The van der Waals surface area contributed by atoms with Gasteiger partial charge in [-0.15, -0.1) is 11.3 Å². The van der Waals surface area contributed by atoms with Crippen LogP contribution in [0.15, 0.2) is 18.2 Å². The lowest BCUT2D eigenvalue weighted by Crippen LogP contribution is -2.23. The third-order valence-electron chi connectivity index (χ3n) is 5.04. The number of esters is 1. The van der Waals surface area contributed by atoms with Crippen LogP contribution < -0.4 is 15.4 Å². The number of fused-ring (bicyclic) bond motifs is 1. The molecule has 1 atom stereocenters. The van der Waals surface area contributed by atoms with Crippen molar-refractivity contribution < 1.29 is 19.1 Å². The van der Waals surface area contributed by atoms with E-state index in [9.17, 15) is 9.59 Å². The third-order valence-corrected chi connectivity index (χ3v) is 6.21. The molecule has 2 N–H and O–H groups in total. The Labute approximate surface area is 175 Å². The van der Waals surface area contributed by atoms with E-state index in [0.29, 0.717) is 28.8 Å². The number of carbonyl (C=O) groups is 2. The molecular formula is C22H28N2O4S. The van der Waals surface area contributed by atoms with Crippen LogP contribution in [-0.4, -0.2) is 32.1 Å². The zero-order valence-corrected chi connectivity index (χ0v) is 18.2. The van der Waals surface area contributed by atoms with Crippen molar-refractivity contribution in [2.24, 2.45) is 5.92 Å². The highest BCUT2D eigenvalue weighted by Crippen LogP contribution is 2.40. The van der Waals surface area contributed by atoms with Crippen LogP contribution in [0.25, 0.3) is 0 Å². The fourth-order valence-electron chi connectivity index (χ4n) is 3.56. The minimum absolute atomic E-state index is 0.0705. The largest absolute Gasteiger partial charge is 0.495 e. The molecule has 0 saturated carbocycles. The molecule has 1 amide bonds. The maximum Gasteiger partial charge on any atom is 0.341 e. The highest BCUT2D eigenvalue weighted by Gasteiger charge is 2.29. The Morgan fingerprint density at radius 2 is 2.10 bits per heavy atom. The van der Waals surface area contributed by atoms with Gasteiger partial charge in [0.1, 0.15) is 10.8 Å². The molecule has 1 aliphatic rings. The number of ether oxygens (including phenoxy) is 2. The number of hydrogen-bond acceptors (Lipinski definition) is 6. The molecule has 0 bridgehead atoms. The Kier molecular flexibility index (Phi) is 6.79. The monoisotopic (exact) mass is 416 g/mol. The van der Waals surface area contributed by atoms with E-state index < -0.39 is 0 Å². The quantitative estimate of drug-likeness (QED) is 0.654. The standard InChI is InChI=1S/C22H28N2O4S/c1-5-28-22(26)20-15-8-6-14(3)11-18(15)29-21(20)24-19(25)12-23-16-10-13(2)7-9-17(16)27-4/h7,9-10,14,23H,5-6,8,11-12H2,1-4H3,(H,24,25)/t14-/m0/s1. The summed E-state index contributed by atoms with van der Waals surface area (Å²) in [6.07, 6.45) is 2.81. The summed E-state index contributed by atoms with van der Waals surface area (Å²) in [6, 6.07) is 5.75. The van der Waals surface area contributed by atoms with E-state index in [1.165, 1.54) is 16.2 Å². The highest BCUT2D eigenvalue weighted by molar-refractivity contribution is 7.17. The number of thiophene rings is 1. The normalized spacial score (nSPS) is 15.4. The number of aryl methyl sites for hydroxylation is 1. The van der Waals surface area contributed by atoms with Gasteiger partial charge in [0.2, 0.25) is 5.91 Å². The molecule has 0 unspecified atom stereocenters. The molecule has 0 radical (unpaired) electrons. The lowest BCUT2D eigenvalue weighted by molar-refractivity contribution is -0.114. The van der Waals surface area contributed by atoms with Gasteiger partial charge in [0.15, 0.2) is 0 Å². The van der Waals surface area contributed by atoms with Crippen LogP contribution in [0.4, 0.5) is 10.7 Å². The predicted octanol–water partition coefficient (Wildman–Crippen LogP) is 4.42. The van der Waals surface area contributed by atoms with E-state index in [0.717, 1.165) is 36.1 Å². The van der Waals surface area contributed by atoms with Gasteiger partial charge < -0.3 is 20.1 Å². The zero-order chi connectivity index (χ0) is 21.0. The summed E-state index contributed by atoms with van der Waals surface area (Å²) >= 11 is 1.49. The second kappa shape index (κ2) is 9.31. The van der Waals surface area contributed by atoms with E-state index in [1.807, 2.05) is 25.1 Å². The topological polar surface area (TPSA) is 76.7 Å². The summed E-state index contributed by atoms with van der Waals surface area (Å²) in [5.74, 6) is 0.681. The lowest BCUT2D eigenvalue weighted by atomic mass is 9.88. The fraction of sp³-hybridized carbons (Fsp3) is 0.455. The van der Waals surface area contributed by atoms with Crippen molar-refractivity contribution in [2.45, 2.75) is 40.0 Å². The Hall–Kier alpha value is -2.54. The van der Waals surface area contributed by atoms with Crippen molar-refractivity contribution in [1.29, 1.82) is 0 Å². The molecule has 0 spiro atoms. The van der Waals surface area contributed by atoms with Gasteiger partial charge in [-0.2, -0.15) is 0 Å². The van der Waals surface area contributed by atoms with Gasteiger partial charge in [-0.25, -0.2) is 4.79 Å². The van der Waals surface area contributed by atoms with E-state index in [-0.39, 0.29) is 18.4 Å². The summed E-state index contributed by atoms with van der Waals surface area (Å²) < 4.78 is 10.6. The summed E-state index contributed by atoms with van der Waals surface area (Å²) in [5, 5.41) is 6.63. The second-order valence-corrected chi connectivity index (χ2v) is 8.49. The van der Waals surface area contributed by atoms with Crippen molar-refractivity contribution >= 4 is 33.9 Å². The van der Waals surface area contributed by atoms with Crippen LogP contribution in [0.3, 0.4) is 0 Å². The fourth-order valence-corrected chi connectivity index (χ4v) is 4.98. The average Bonchev–Trinajstić information content (AvgIpc) is 3.03. The minimum atomic E-state index is -0.358. The number of nitrogens with one attached hydrogen (secondary N) is 2. The van der Waals surface area contributed by atoms with E-state index in [2.05, 4.69) is 17.6 Å². The first-order valence-electron chi connectivity index (χ1n) is 9.92. The number of benzene rings is 1. The van der Waals surface area contributed by atoms with Crippen molar-refractivity contribution in [1.82, 2.24) is 0 Å². The van der Waals surface area contributed by atoms with Gasteiger partial charge in [0.05, 0.1) is 31.5 Å². The molecule has 6 nitrogen and oxygen atoms in total. The molecule has 1 aliphatic carbocycles. The molecule has 0 saturated heterocycles. The maximum atomic E-state index is 12.6. The van der Waals surface area contributed by atoms with Crippen molar-refractivity contribution in [3.8, 4) is 5.75 Å². The van der Waals surface area contributed by atoms with Crippen LogP contribution >= 0.6 is 11.3 Å². The highest BCUT2D eigenvalue weighted by atomic mass is 32.1. The first-order valence-corrected chi connectivity index (χ1v) is 10.7. The predicted molar refractivity (Wildman–Crippen MR) is 116 cm³/mol. The maximum absolute atomic E-state index is 12.6. The summed E-state index contributed by atoms with van der Waals surface area (Å²) in [5.41, 5.74) is 3.39. The van der Waals surface area contributed by atoms with E-state index in [4.69, 9.17) is 9.47 Å². The SMILES string of the molecule is CCOC(=O)c1c(NC(=O)CNc2cc(C)ccc2OC)sc2c1CC[C@H](C)C2. The second-order valence-electron chi connectivity index (χ2n) is 7.38. The van der Waals surface area contributed by atoms with Gasteiger partial charge in [-0.3, -0.25) is 4.79 Å². The van der Waals surface area contributed by atoms with Crippen LogP contribution in [0.1, 0.15) is 46.6 Å². The van der Waals surface area contributed by atoms with Crippen LogP contribution in [0.2, 0.25) is 0 Å². The van der Waals surface area contributed by atoms with Gasteiger partial charge in [-0.05, 0) is 62.3 Å². The number of methoxy groups -OCH3 is 1. The first-order chi connectivity index (χ1) is 13.9. The third kappa shape index (κ3) is 4.90. The molecule has 0 aliphatic heterocycles. The Morgan fingerprint density at radius 3 is 2.83 bits per heavy atom. The number of carbonyl (C=O) groups excluding carboxylic acids is 2.